The molecule has 0 radical (unpaired) electrons. The Bertz CT molecular complexity index is 1200. The fraction of sp³-hybridized carbons (Fsp3) is 0.552. The number of hydrogen-bond donors (Lipinski definition) is 4. The van der Waals surface area contributed by atoms with Gasteiger partial charge in [0.2, 0.25) is 0 Å². The van der Waals surface area contributed by atoms with Crippen LogP contribution in [0.4, 0.5) is 10.6 Å². The Labute approximate surface area is 223 Å². The van der Waals surface area contributed by atoms with Gasteiger partial charge in [0.15, 0.2) is 0 Å². The third-order valence-corrected chi connectivity index (χ3v) is 8.05. The predicted octanol–water partition coefficient (Wildman–Crippen LogP) is 3.98. The number of aromatic hydroxyl groups is 1. The number of ether oxygens (including phenoxy) is 1. The zero-order chi connectivity index (χ0) is 27.1. The van der Waals surface area contributed by atoms with Crippen LogP contribution in [-0.2, 0) is 17.7 Å². The van der Waals surface area contributed by atoms with E-state index in [1.54, 1.807) is 57.3 Å². The van der Waals surface area contributed by atoms with Crippen LogP contribution in [0.5, 0.6) is 5.75 Å². The van der Waals surface area contributed by atoms with Crippen LogP contribution in [0, 0.1) is 5.41 Å². The van der Waals surface area contributed by atoms with Gasteiger partial charge in [0.1, 0.15) is 17.2 Å². The molecule has 0 bridgehead atoms. The number of hydrogen-bond acceptors (Lipinski definition) is 7. The van der Waals surface area contributed by atoms with E-state index in [4.69, 9.17) is 4.74 Å². The molecule has 2 atom stereocenters. The van der Waals surface area contributed by atoms with Crippen molar-refractivity contribution in [1.82, 2.24) is 15.2 Å². The highest BCUT2D eigenvalue weighted by atomic mass is 16.6. The minimum Gasteiger partial charge on any atom is -0.508 e. The summed E-state index contributed by atoms with van der Waals surface area (Å²) in [4.78, 5) is 31.8. The molecule has 2 heterocycles. The number of phenolic OH excluding ortho intramolecular Hbond substituents is 1. The first kappa shape index (κ1) is 26.3. The SMILES string of the molecule is CC(C)(C)OC(=O)N1Cc2cc(O)ccc2C[C@H]1[C@H](O)CNC(=O)c1ccnc(NC2CC3(CCC3)C2)c1. The van der Waals surface area contributed by atoms with Gasteiger partial charge in [0.05, 0.1) is 12.1 Å². The predicted molar refractivity (Wildman–Crippen MR) is 143 cm³/mol. The van der Waals surface area contributed by atoms with Gasteiger partial charge < -0.3 is 25.6 Å². The molecule has 2 aliphatic carbocycles. The molecule has 0 saturated heterocycles. The van der Waals surface area contributed by atoms with Crippen molar-refractivity contribution in [2.24, 2.45) is 5.41 Å². The highest BCUT2D eigenvalue weighted by molar-refractivity contribution is 5.94. The summed E-state index contributed by atoms with van der Waals surface area (Å²) in [5.41, 5.74) is 2.04. The van der Waals surface area contributed by atoms with Crippen molar-refractivity contribution in [1.29, 1.82) is 0 Å². The van der Waals surface area contributed by atoms with Crippen molar-refractivity contribution in [2.45, 2.75) is 89.6 Å². The summed E-state index contributed by atoms with van der Waals surface area (Å²) in [6.07, 6.45) is 6.71. The zero-order valence-corrected chi connectivity index (χ0v) is 22.4. The highest BCUT2D eigenvalue weighted by Crippen LogP contribution is 2.56. The van der Waals surface area contributed by atoms with E-state index in [-0.39, 0.29) is 24.7 Å². The first-order chi connectivity index (χ1) is 18.0. The molecule has 1 aliphatic heterocycles. The molecule has 1 aromatic heterocycles. The molecule has 1 spiro atoms. The molecule has 4 N–H and O–H groups in total. The van der Waals surface area contributed by atoms with Gasteiger partial charge in [-0.25, -0.2) is 9.78 Å². The molecule has 38 heavy (non-hydrogen) atoms. The van der Waals surface area contributed by atoms with E-state index in [2.05, 4.69) is 15.6 Å². The van der Waals surface area contributed by atoms with E-state index in [1.807, 2.05) is 0 Å². The minimum atomic E-state index is -1.03. The lowest BCUT2D eigenvalue weighted by Gasteiger charge is -2.54. The number of benzene rings is 1. The van der Waals surface area contributed by atoms with Crippen LogP contribution in [0.25, 0.3) is 0 Å². The molecule has 1 aromatic carbocycles. The number of nitrogens with zero attached hydrogens (tertiary/aromatic N) is 2. The maximum atomic E-state index is 13.0. The molecule has 0 unspecified atom stereocenters. The Kier molecular flexibility index (Phi) is 6.98. The van der Waals surface area contributed by atoms with Crippen LogP contribution < -0.4 is 10.6 Å². The molecule has 204 valence electrons. The van der Waals surface area contributed by atoms with Crippen LogP contribution in [0.3, 0.4) is 0 Å². The Morgan fingerprint density at radius 2 is 1.95 bits per heavy atom. The monoisotopic (exact) mass is 522 g/mol. The molecule has 2 fully saturated rings. The fourth-order valence-corrected chi connectivity index (χ4v) is 5.93. The van der Waals surface area contributed by atoms with Crippen molar-refractivity contribution in [3.8, 4) is 5.75 Å². The molecule has 5 rings (SSSR count). The molecule has 2 aromatic rings. The second-order valence-corrected chi connectivity index (χ2v) is 12.1. The first-order valence-electron chi connectivity index (χ1n) is 13.5. The van der Waals surface area contributed by atoms with E-state index in [0.29, 0.717) is 29.3 Å². The molecular weight excluding hydrogens is 484 g/mol. The van der Waals surface area contributed by atoms with E-state index in [9.17, 15) is 19.8 Å². The van der Waals surface area contributed by atoms with E-state index in [1.165, 1.54) is 24.2 Å². The van der Waals surface area contributed by atoms with E-state index < -0.39 is 23.8 Å². The number of amides is 2. The van der Waals surface area contributed by atoms with Gasteiger partial charge in [-0.15, -0.1) is 0 Å². The third kappa shape index (κ3) is 5.72. The third-order valence-electron chi connectivity index (χ3n) is 8.05. The van der Waals surface area contributed by atoms with Gasteiger partial charge in [-0.05, 0) is 93.7 Å². The molecule has 3 aliphatic rings. The minimum absolute atomic E-state index is 0.0353. The number of fused-ring (bicyclic) bond motifs is 1. The van der Waals surface area contributed by atoms with E-state index >= 15 is 0 Å². The number of aromatic nitrogens is 1. The maximum absolute atomic E-state index is 13.0. The van der Waals surface area contributed by atoms with Crippen molar-refractivity contribution < 1.29 is 24.5 Å². The van der Waals surface area contributed by atoms with E-state index in [0.717, 1.165) is 24.0 Å². The summed E-state index contributed by atoms with van der Waals surface area (Å²) in [6.45, 7) is 5.51. The smallest absolute Gasteiger partial charge is 0.410 e. The Balaban J connectivity index is 1.22. The second-order valence-electron chi connectivity index (χ2n) is 12.1. The lowest BCUT2D eigenvalue weighted by molar-refractivity contribution is -0.0113. The standard InChI is InChI=1S/C29H38N4O5/c1-28(2,3)38-27(37)33-17-20-11-22(34)6-5-18(20)12-23(33)24(35)16-31-26(36)19-7-10-30-25(13-19)32-21-14-29(15-21)8-4-9-29/h5-7,10-11,13,21,23-24,34-35H,4,8-9,12,14-17H2,1-3H3,(H,30,32)(H,31,36)/t23-,24+/m0/s1. The van der Waals surface area contributed by atoms with Crippen LogP contribution in [0.2, 0.25) is 0 Å². The average Bonchev–Trinajstić information content (AvgIpc) is 2.81. The number of carbonyl (C=O) groups excluding carboxylic acids is 2. The summed E-state index contributed by atoms with van der Waals surface area (Å²) in [6, 6.07) is 8.21. The number of rotatable bonds is 6. The lowest BCUT2D eigenvalue weighted by Crippen LogP contribution is -2.54. The summed E-state index contributed by atoms with van der Waals surface area (Å²) < 4.78 is 5.59. The number of anilines is 1. The molecule has 2 amide bonds. The Hall–Kier alpha value is -3.33. The normalized spacial score (nSPS) is 21.1. The van der Waals surface area contributed by atoms with Gasteiger partial charge in [0.25, 0.3) is 5.91 Å². The van der Waals surface area contributed by atoms with Gasteiger partial charge in [-0.3, -0.25) is 9.69 Å². The lowest BCUT2D eigenvalue weighted by atomic mass is 9.54. The largest absolute Gasteiger partial charge is 0.508 e. The van der Waals surface area contributed by atoms with Gasteiger partial charge in [-0.1, -0.05) is 12.5 Å². The van der Waals surface area contributed by atoms with Crippen LogP contribution in [0.1, 0.15) is 74.4 Å². The molecule has 2 saturated carbocycles. The van der Waals surface area contributed by atoms with Crippen molar-refractivity contribution >= 4 is 17.8 Å². The second kappa shape index (κ2) is 10.1. The van der Waals surface area contributed by atoms with Crippen molar-refractivity contribution in [2.75, 3.05) is 11.9 Å². The highest BCUT2D eigenvalue weighted by Gasteiger charge is 2.48. The maximum Gasteiger partial charge on any atom is 0.410 e. The number of pyridine rings is 1. The topological polar surface area (TPSA) is 124 Å². The van der Waals surface area contributed by atoms with Crippen LogP contribution >= 0.6 is 0 Å². The van der Waals surface area contributed by atoms with Gasteiger partial charge >= 0.3 is 6.09 Å². The quantitative estimate of drug-likeness (QED) is 0.452. The Morgan fingerprint density at radius 3 is 2.63 bits per heavy atom. The molecule has 9 nitrogen and oxygen atoms in total. The first-order valence-corrected chi connectivity index (χ1v) is 13.5. The average molecular weight is 523 g/mol. The van der Waals surface area contributed by atoms with Crippen molar-refractivity contribution in [3.05, 3.63) is 53.2 Å². The fourth-order valence-electron chi connectivity index (χ4n) is 5.93. The summed E-state index contributed by atoms with van der Waals surface area (Å²) in [5.74, 6) is 0.481. The number of phenols is 1. The summed E-state index contributed by atoms with van der Waals surface area (Å²) >= 11 is 0. The number of aliphatic hydroxyl groups excluding tert-OH is 1. The van der Waals surface area contributed by atoms with Crippen LogP contribution in [0.15, 0.2) is 36.5 Å². The van der Waals surface area contributed by atoms with Crippen molar-refractivity contribution in [3.63, 3.8) is 0 Å². The number of carbonyl (C=O) groups is 2. The van der Waals surface area contributed by atoms with Gasteiger partial charge in [-0.2, -0.15) is 0 Å². The number of nitrogens with one attached hydrogen (secondary N) is 2. The summed E-state index contributed by atoms with van der Waals surface area (Å²) in [7, 11) is 0. The molecular formula is C29H38N4O5. The van der Waals surface area contributed by atoms with Crippen LogP contribution in [-0.4, -0.2) is 62.4 Å². The molecule has 9 heteroatoms. The zero-order valence-electron chi connectivity index (χ0n) is 22.4. The number of aliphatic hydroxyl groups is 1. The summed E-state index contributed by atoms with van der Waals surface area (Å²) in [5, 5.41) is 27.3. The van der Waals surface area contributed by atoms with Gasteiger partial charge in [0, 0.05) is 30.9 Å². The Morgan fingerprint density at radius 1 is 1.18 bits per heavy atom.